The number of aliphatic imine (C=N–C) groups is 2. The minimum atomic E-state index is -2.44. The third-order valence-electron chi connectivity index (χ3n) is 2.78. The Morgan fingerprint density at radius 3 is 1.46 bits per heavy atom. The lowest BCUT2D eigenvalue weighted by Gasteiger charge is -2.10. The first-order valence-corrected chi connectivity index (χ1v) is 5.83. The maximum absolute atomic E-state index is 14.2. The molecule has 0 spiro atoms. The molecule has 0 aliphatic rings. The lowest BCUT2D eigenvalue weighted by Crippen LogP contribution is -2.26. The minimum Gasteiger partial charge on any atom is -0.370 e. The molecule has 5 nitrogen and oxygen atoms in total. The zero-order chi connectivity index (χ0) is 18.3. The molecule has 2 aromatic carbocycles. The predicted octanol–water partition coefficient (Wildman–Crippen LogP) is 2.03. The van der Waals surface area contributed by atoms with E-state index in [0.717, 1.165) is 0 Å². The Balaban J connectivity index is 3.00. The minimum absolute atomic E-state index is 0.677. The van der Waals surface area contributed by atoms with Crippen LogP contribution in [0.2, 0.25) is 0 Å². The Bertz CT molecular complexity index is 919. The molecule has 0 heterocycles. The monoisotopic (exact) mass is 353 g/mol. The summed E-state index contributed by atoms with van der Waals surface area (Å²) in [5, 5.41) is -3.46. The van der Waals surface area contributed by atoms with Gasteiger partial charge in [-0.25, -0.2) is 35.7 Å². The molecular formula is C12H6F7N5. The highest BCUT2D eigenvalue weighted by Gasteiger charge is 2.30. The summed E-state index contributed by atoms with van der Waals surface area (Å²) >= 11 is 0. The Morgan fingerprint density at radius 2 is 1.00 bits per heavy atom. The van der Waals surface area contributed by atoms with E-state index >= 15 is 0 Å². The van der Waals surface area contributed by atoms with Crippen LogP contribution in [0, 0.1) is 40.7 Å². The van der Waals surface area contributed by atoms with Crippen molar-refractivity contribution in [2.24, 2.45) is 27.2 Å². The second kappa shape index (κ2) is 5.86. The fourth-order valence-electron chi connectivity index (χ4n) is 1.84. The second-order valence-electron chi connectivity index (χ2n) is 4.30. The second-order valence-corrected chi connectivity index (χ2v) is 4.30. The number of benzene rings is 2. The van der Waals surface area contributed by atoms with Gasteiger partial charge in [0.15, 0.2) is 46.7 Å². The molecule has 12 heteroatoms. The van der Waals surface area contributed by atoms with Crippen molar-refractivity contribution in [2.75, 3.05) is 0 Å². The molecule has 0 radical (unpaired) electrons. The molecular weight excluding hydrogens is 347 g/mol. The zero-order valence-electron chi connectivity index (χ0n) is 11.3. The summed E-state index contributed by atoms with van der Waals surface area (Å²) in [4.78, 5) is 6.06. The molecule has 2 rings (SSSR count). The van der Waals surface area contributed by atoms with Crippen molar-refractivity contribution in [3.63, 3.8) is 0 Å². The lowest BCUT2D eigenvalue weighted by molar-refractivity contribution is 0.412. The van der Waals surface area contributed by atoms with E-state index in [0.29, 0.717) is 0 Å². The Hall–Kier alpha value is -3.05. The summed E-state index contributed by atoms with van der Waals surface area (Å²) in [5.41, 5.74) is 13.4. The van der Waals surface area contributed by atoms with Crippen molar-refractivity contribution >= 4 is 28.4 Å². The van der Waals surface area contributed by atoms with Gasteiger partial charge in [-0.05, 0) is 0 Å². The van der Waals surface area contributed by atoms with Crippen molar-refractivity contribution in [1.29, 1.82) is 0 Å². The van der Waals surface area contributed by atoms with Crippen LogP contribution in [0.3, 0.4) is 0 Å². The molecule has 0 aromatic heterocycles. The van der Waals surface area contributed by atoms with Crippen molar-refractivity contribution in [3.8, 4) is 0 Å². The quantitative estimate of drug-likeness (QED) is 0.240. The highest BCUT2D eigenvalue weighted by atomic mass is 19.2. The number of fused-ring (bicyclic) bond motifs is 1. The van der Waals surface area contributed by atoms with Crippen LogP contribution in [0.15, 0.2) is 9.98 Å². The average molecular weight is 353 g/mol. The molecule has 0 bridgehead atoms. The lowest BCUT2D eigenvalue weighted by atomic mass is 10.1. The third-order valence-corrected chi connectivity index (χ3v) is 2.78. The van der Waals surface area contributed by atoms with Crippen LogP contribution in [0.25, 0.3) is 10.8 Å². The van der Waals surface area contributed by atoms with E-state index in [-0.39, 0.29) is 0 Å². The van der Waals surface area contributed by atoms with Gasteiger partial charge in [-0.3, -0.25) is 0 Å². The molecule has 0 saturated heterocycles. The van der Waals surface area contributed by atoms with Gasteiger partial charge in [0.25, 0.3) is 0 Å². The number of nitrogens with zero attached hydrogens (tertiary/aromatic N) is 2. The standard InChI is InChI=1S/C12H6F7N5/c13-3-1-2(4(14)8(18)7(3)17)6(16)10(9(19)5(1)15)23-12(22)24-11(20)21/h(H6,20,21,22,23,24). The number of hydrogen-bond donors (Lipinski definition) is 3. The number of guanidine groups is 2. The fraction of sp³-hybridized carbons (Fsp3) is 0. The van der Waals surface area contributed by atoms with Gasteiger partial charge in [-0.2, -0.15) is 4.99 Å². The molecule has 2 aromatic rings. The summed E-state index contributed by atoms with van der Waals surface area (Å²) in [6.45, 7) is 0. The third kappa shape index (κ3) is 2.55. The van der Waals surface area contributed by atoms with Crippen molar-refractivity contribution in [3.05, 3.63) is 40.7 Å². The predicted molar refractivity (Wildman–Crippen MR) is 70.7 cm³/mol. The molecule has 24 heavy (non-hydrogen) atoms. The van der Waals surface area contributed by atoms with E-state index in [9.17, 15) is 30.7 Å². The van der Waals surface area contributed by atoms with E-state index in [1.54, 1.807) is 0 Å². The van der Waals surface area contributed by atoms with Crippen molar-refractivity contribution < 1.29 is 30.7 Å². The van der Waals surface area contributed by atoms with E-state index in [1.807, 2.05) is 0 Å². The largest absolute Gasteiger partial charge is 0.370 e. The number of halogens is 7. The van der Waals surface area contributed by atoms with Crippen molar-refractivity contribution in [1.82, 2.24) is 0 Å². The molecule has 0 unspecified atom stereocenters. The van der Waals surface area contributed by atoms with Gasteiger partial charge in [0.05, 0.1) is 10.8 Å². The smallest absolute Gasteiger partial charge is 0.223 e. The molecule has 0 saturated carbocycles. The van der Waals surface area contributed by atoms with E-state index < -0.39 is 69.1 Å². The van der Waals surface area contributed by atoms with E-state index in [4.69, 9.17) is 17.2 Å². The van der Waals surface area contributed by atoms with Gasteiger partial charge >= 0.3 is 0 Å². The first-order valence-electron chi connectivity index (χ1n) is 5.83. The van der Waals surface area contributed by atoms with Gasteiger partial charge in [-0.1, -0.05) is 0 Å². The fourth-order valence-corrected chi connectivity index (χ4v) is 1.84. The van der Waals surface area contributed by atoms with Crippen LogP contribution in [0.1, 0.15) is 0 Å². The van der Waals surface area contributed by atoms with Crippen LogP contribution < -0.4 is 17.2 Å². The SMILES string of the molecule is NC(N)=NC(N)=Nc1c(F)c(F)c2c(F)c(F)c(F)c(F)c2c1F. The van der Waals surface area contributed by atoms with Crippen LogP contribution in [-0.2, 0) is 0 Å². The van der Waals surface area contributed by atoms with Crippen LogP contribution in [0.5, 0.6) is 0 Å². The Morgan fingerprint density at radius 1 is 0.583 bits per heavy atom. The van der Waals surface area contributed by atoms with Gasteiger partial charge in [0, 0.05) is 0 Å². The van der Waals surface area contributed by atoms with Crippen LogP contribution in [-0.4, -0.2) is 11.9 Å². The normalized spacial score (nSPS) is 11.9. The molecule has 0 aliphatic heterocycles. The average Bonchev–Trinajstić information content (AvgIpc) is 2.50. The molecule has 0 fully saturated rings. The summed E-state index contributed by atoms with van der Waals surface area (Å²) in [7, 11) is 0. The van der Waals surface area contributed by atoms with Gasteiger partial charge in [0.1, 0.15) is 5.69 Å². The highest BCUT2D eigenvalue weighted by molar-refractivity contribution is 5.95. The van der Waals surface area contributed by atoms with E-state index in [2.05, 4.69) is 9.98 Å². The van der Waals surface area contributed by atoms with Gasteiger partial charge < -0.3 is 17.2 Å². The highest BCUT2D eigenvalue weighted by Crippen LogP contribution is 2.37. The summed E-state index contributed by atoms with van der Waals surface area (Å²) in [6.07, 6.45) is 0. The number of rotatable bonds is 1. The Kier molecular flexibility index (Phi) is 4.23. The first kappa shape index (κ1) is 17.3. The molecule has 0 atom stereocenters. The van der Waals surface area contributed by atoms with Gasteiger partial charge in [-0.15, -0.1) is 0 Å². The van der Waals surface area contributed by atoms with Crippen LogP contribution >= 0.6 is 0 Å². The van der Waals surface area contributed by atoms with Crippen LogP contribution in [0.4, 0.5) is 36.4 Å². The van der Waals surface area contributed by atoms with Gasteiger partial charge in [0.2, 0.25) is 5.96 Å². The topological polar surface area (TPSA) is 103 Å². The summed E-state index contributed by atoms with van der Waals surface area (Å²) < 4.78 is 95.5. The van der Waals surface area contributed by atoms with Crippen molar-refractivity contribution in [2.45, 2.75) is 0 Å². The Labute approximate surface area is 128 Å². The molecule has 128 valence electrons. The molecule has 6 N–H and O–H groups in total. The maximum Gasteiger partial charge on any atom is 0.223 e. The maximum atomic E-state index is 14.2. The summed E-state index contributed by atoms with van der Waals surface area (Å²) in [6, 6.07) is 0. The zero-order valence-corrected chi connectivity index (χ0v) is 11.3. The van der Waals surface area contributed by atoms with E-state index in [1.165, 1.54) is 0 Å². The first-order chi connectivity index (χ1) is 11.1. The molecule has 0 amide bonds. The molecule has 0 aliphatic carbocycles. The summed E-state index contributed by atoms with van der Waals surface area (Å²) in [5.74, 6) is -17.5. The number of nitrogens with two attached hydrogens (primary N) is 3. The number of hydrogen-bond acceptors (Lipinski definition) is 1.